The number of amides is 1. The van der Waals surface area contributed by atoms with Gasteiger partial charge in [0, 0.05) is 13.1 Å². The summed E-state index contributed by atoms with van der Waals surface area (Å²) < 4.78 is 0. The minimum atomic E-state index is 0.0916. The number of nitrogens with two attached hydrogens (primary N) is 2. The molecule has 0 bridgehead atoms. The molecule has 12 heavy (non-hydrogen) atoms. The fourth-order valence-corrected chi connectivity index (χ4v) is 1.40. The highest BCUT2D eigenvalue weighted by Gasteiger charge is 2.17. The minimum absolute atomic E-state index is 0.0916. The van der Waals surface area contributed by atoms with Crippen molar-refractivity contribution in [2.75, 3.05) is 13.1 Å². The first-order valence-corrected chi connectivity index (χ1v) is 4.00. The van der Waals surface area contributed by atoms with Gasteiger partial charge < -0.3 is 16.4 Å². The Hall–Kier alpha value is -1.26. The Morgan fingerprint density at radius 2 is 2.33 bits per heavy atom. The van der Waals surface area contributed by atoms with Crippen LogP contribution >= 0.6 is 0 Å². The van der Waals surface area contributed by atoms with Crippen LogP contribution in [0.15, 0.2) is 4.99 Å². The van der Waals surface area contributed by atoms with Gasteiger partial charge >= 0.3 is 0 Å². The Morgan fingerprint density at radius 1 is 1.58 bits per heavy atom. The maximum absolute atomic E-state index is 10.4. The fraction of sp³-hybridized carbons (Fsp3) is 0.714. The first-order chi connectivity index (χ1) is 5.72. The standard InChI is InChI=1S/C7H14N4O/c8-7(9)10-6-2-1-3-11(4-6)5-12/h5-6H,1-4H2,(H4,8,9,10). The predicted octanol–water partition coefficient (Wildman–Crippen LogP) is -1.12. The number of carbonyl (C=O) groups is 1. The SMILES string of the molecule is NC(N)=NC1CCCN(C=O)C1. The molecule has 1 saturated heterocycles. The van der Waals surface area contributed by atoms with Crippen LogP contribution in [-0.2, 0) is 4.79 Å². The Labute approximate surface area is 71.4 Å². The van der Waals surface area contributed by atoms with E-state index >= 15 is 0 Å². The summed E-state index contributed by atoms with van der Waals surface area (Å²) in [4.78, 5) is 16.1. The van der Waals surface area contributed by atoms with Gasteiger partial charge in [0.1, 0.15) is 0 Å². The number of piperidine rings is 1. The van der Waals surface area contributed by atoms with Crippen LogP contribution in [0.25, 0.3) is 0 Å². The monoisotopic (exact) mass is 170 g/mol. The summed E-state index contributed by atoms with van der Waals surface area (Å²) in [5.41, 5.74) is 10.5. The summed E-state index contributed by atoms with van der Waals surface area (Å²) in [6, 6.07) is 0.0916. The number of guanidine groups is 1. The van der Waals surface area contributed by atoms with Crippen molar-refractivity contribution in [3.05, 3.63) is 0 Å². The summed E-state index contributed by atoms with van der Waals surface area (Å²) in [7, 11) is 0. The molecule has 0 saturated carbocycles. The van der Waals surface area contributed by atoms with E-state index in [1.54, 1.807) is 4.90 Å². The number of aliphatic imine (C=N–C) groups is 1. The number of hydrogen-bond acceptors (Lipinski definition) is 2. The number of nitrogens with zero attached hydrogens (tertiary/aromatic N) is 2. The third-order valence-corrected chi connectivity index (χ3v) is 1.91. The fourth-order valence-electron chi connectivity index (χ4n) is 1.40. The van der Waals surface area contributed by atoms with Gasteiger partial charge in [0.05, 0.1) is 6.04 Å². The second kappa shape index (κ2) is 3.94. The van der Waals surface area contributed by atoms with Crippen LogP contribution < -0.4 is 11.5 Å². The van der Waals surface area contributed by atoms with Gasteiger partial charge in [-0.1, -0.05) is 0 Å². The number of likely N-dealkylation sites (tertiary alicyclic amines) is 1. The zero-order valence-corrected chi connectivity index (χ0v) is 6.94. The van der Waals surface area contributed by atoms with Gasteiger partial charge in [0.2, 0.25) is 6.41 Å². The lowest BCUT2D eigenvalue weighted by Crippen LogP contribution is -2.38. The molecule has 0 spiro atoms. The molecular weight excluding hydrogens is 156 g/mol. The molecule has 0 radical (unpaired) electrons. The molecule has 1 unspecified atom stereocenters. The average Bonchev–Trinajstić information content (AvgIpc) is 2.03. The van der Waals surface area contributed by atoms with Crippen LogP contribution in [0.5, 0.6) is 0 Å². The quantitative estimate of drug-likeness (QED) is 0.313. The average molecular weight is 170 g/mol. The molecule has 4 N–H and O–H groups in total. The van der Waals surface area contributed by atoms with E-state index in [1.807, 2.05) is 0 Å². The van der Waals surface area contributed by atoms with Crippen LogP contribution in [0.2, 0.25) is 0 Å². The predicted molar refractivity (Wildman–Crippen MR) is 46.5 cm³/mol. The highest BCUT2D eigenvalue weighted by Crippen LogP contribution is 2.10. The van der Waals surface area contributed by atoms with Crippen LogP contribution in [-0.4, -0.2) is 36.4 Å². The van der Waals surface area contributed by atoms with Crippen molar-refractivity contribution < 1.29 is 4.79 Å². The van der Waals surface area contributed by atoms with E-state index in [-0.39, 0.29) is 12.0 Å². The van der Waals surface area contributed by atoms with Crippen molar-refractivity contribution in [2.24, 2.45) is 16.5 Å². The number of rotatable bonds is 2. The van der Waals surface area contributed by atoms with Crippen LogP contribution in [0.4, 0.5) is 0 Å². The summed E-state index contributed by atoms with van der Waals surface area (Å²) in [6.45, 7) is 1.46. The van der Waals surface area contributed by atoms with E-state index in [9.17, 15) is 4.79 Å². The number of hydrogen-bond donors (Lipinski definition) is 2. The van der Waals surface area contributed by atoms with Crippen molar-refractivity contribution in [3.63, 3.8) is 0 Å². The van der Waals surface area contributed by atoms with Gasteiger partial charge in [-0.25, -0.2) is 4.99 Å². The molecule has 5 heteroatoms. The maximum Gasteiger partial charge on any atom is 0.209 e. The van der Waals surface area contributed by atoms with Gasteiger partial charge in [0.15, 0.2) is 5.96 Å². The van der Waals surface area contributed by atoms with Crippen molar-refractivity contribution in [2.45, 2.75) is 18.9 Å². The molecule has 1 heterocycles. The van der Waals surface area contributed by atoms with Gasteiger partial charge in [0.25, 0.3) is 0 Å². The van der Waals surface area contributed by atoms with Crippen molar-refractivity contribution in [1.82, 2.24) is 4.90 Å². The molecular formula is C7H14N4O. The summed E-state index contributed by atoms with van der Waals surface area (Å²) >= 11 is 0. The maximum atomic E-state index is 10.4. The summed E-state index contributed by atoms with van der Waals surface area (Å²) in [6.07, 6.45) is 2.77. The molecule has 5 nitrogen and oxygen atoms in total. The molecule has 0 aliphatic carbocycles. The second-order valence-corrected chi connectivity index (χ2v) is 2.95. The lowest BCUT2D eigenvalue weighted by atomic mass is 10.1. The third-order valence-electron chi connectivity index (χ3n) is 1.91. The smallest absolute Gasteiger partial charge is 0.209 e. The molecule has 1 atom stereocenters. The number of carbonyl (C=O) groups excluding carboxylic acids is 1. The van der Waals surface area contributed by atoms with E-state index in [1.165, 1.54) is 0 Å². The first kappa shape index (κ1) is 8.83. The second-order valence-electron chi connectivity index (χ2n) is 2.95. The topological polar surface area (TPSA) is 84.7 Å². The van der Waals surface area contributed by atoms with Gasteiger partial charge in [-0.15, -0.1) is 0 Å². The Bertz CT molecular complexity index is 188. The molecule has 0 aromatic heterocycles. The molecule has 0 aromatic rings. The van der Waals surface area contributed by atoms with E-state index in [0.29, 0.717) is 6.54 Å². The lowest BCUT2D eigenvalue weighted by molar-refractivity contribution is -0.119. The Morgan fingerprint density at radius 3 is 2.92 bits per heavy atom. The van der Waals surface area contributed by atoms with E-state index in [4.69, 9.17) is 11.5 Å². The molecule has 1 aliphatic heterocycles. The van der Waals surface area contributed by atoms with Gasteiger partial charge in [-0.3, -0.25) is 4.79 Å². The van der Waals surface area contributed by atoms with Crippen LogP contribution in [0.1, 0.15) is 12.8 Å². The van der Waals surface area contributed by atoms with Crippen molar-refractivity contribution in [3.8, 4) is 0 Å². The highest BCUT2D eigenvalue weighted by atomic mass is 16.1. The zero-order valence-electron chi connectivity index (χ0n) is 6.94. The zero-order chi connectivity index (χ0) is 8.97. The van der Waals surface area contributed by atoms with Crippen LogP contribution in [0.3, 0.4) is 0 Å². The highest BCUT2D eigenvalue weighted by molar-refractivity contribution is 5.75. The van der Waals surface area contributed by atoms with E-state index in [2.05, 4.69) is 4.99 Å². The van der Waals surface area contributed by atoms with Gasteiger partial charge in [-0.2, -0.15) is 0 Å². The van der Waals surface area contributed by atoms with Gasteiger partial charge in [-0.05, 0) is 12.8 Å². The largest absolute Gasteiger partial charge is 0.370 e. The molecule has 0 aromatic carbocycles. The van der Waals surface area contributed by atoms with Crippen molar-refractivity contribution >= 4 is 12.4 Å². The minimum Gasteiger partial charge on any atom is -0.370 e. The third kappa shape index (κ3) is 2.41. The van der Waals surface area contributed by atoms with Crippen molar-refractivity contribution in [1.29, 1.82) is 0 Å². The summed E-state index contributed by atoms with van der Waals surface area (Å²) in [5.74, 6) is 0.104. The van der Waals surface area contributed by atoms with E-state index < -0.39 is 0 Å². The molecule has 1 amide bonds. The molecule has 1 rings (SSSR count). The first-order valence-electron chi connectivity index (χ1n) is 4.00. The van der Waals surface area contributed by atoms with Crippen LogP contribution in [0, 0.1) is 0 Å². The lowest BCUT2D eigenvalue weighted by Gasteiger charge is -2.27. The normalized spacial score (nSPS) is 23.3. The summed E-state index contributed by atoms with van der Waals surface area (Å²) in [5, 5.41) is 0. The van der Waals surface area contributed by atoms with E-state index in [0.717, 1.165) is 25.8 Å². The Balaban J connectivity index is 2.46. The molecule has 1 aliphatic rings. The Kier molecular flexibility index (Phi) is 2.90. The molecule has 68 valence electrons. The molecule has 1 fully saturated rings.